The Kier molecular flexibility index (Phi) is 21.4. The second kappa shape index (κ2) is 25.8. The van der Waals surface area contributed by atoms with Crippen molar-refractivity contribution in [3.63, 3.8) is 0 Å². The molecule has 1 fully saturated rings. The quantitative estimate of drug-likeness (QED) is 0.0570. The van der Waals surface area contributed by atoms with Crippen molar-refractivity contribution in [1.29, 1.82) is 0 Å². The molecule has 19 heteroatoms. The third-order valence-corrected chi connectivity index (χ3v) is 10.1. The lowest BCUT2D eigenvalue weighted by Gasteiger charge is -2.34. The highest BCUT2D eigenvalue weighted by atomic mass is 16.4. The Labute approximate surface area is 383 Å². The first-order chi connectivity index (χ1) is 31.0. The lowest BCUT2D eigenvalue weighted by atomic mass is 9.74. The van der Waals surface area contributed by atoms with Crippen LogP contribution in [0.2, 0.25) is 0 Å². The van der Waals surface area contributed by atoms with Gasteiger partial charge in [0.15, 0.2) is 11.2 Å². The second-order valence-corrected chi connectivity index (χ2v) is 16.3. The van der Waals surface area contributed by atoms with Crippen molar-refractivity contribution in [2.75, 3.05) is 26.0 Å². The van der Waals surface area contributed by atoms with E-state index in [1.807, 2.05) is 26.0 Å². The van der Waals surface area contributed by atoms with E-state index < -0.39 is 29.2 Å². The Bertz CT molecular complexity index is 2530. The summed E-state index contributed by atoms with van der Waals surface area (Å²) in [6.45, 7) is 14.4. The van der Waals surface area contributed by atoms with Crippen LogP contribution in [0.1, 0.15) is 75.7 Å². The number of aromatic hydroxyl groups is 2. The summed E-state index contributed by atoms with van der Waals surface area (Å²) in [5, 5.41) is 33.6. The van der Waals surface area contributed by atoms with Crippen molar-refractivity contribution in [3.05, 3.63) is 124 Å². The Morgan fingerprint density at radius 1 is 0.909 bits per heavy atom. The number of nitrogens with zero attached hydrogens (tertiary/aromatic N) is 6. The number of barbiturate groups is 1. The molecule has 1 aliphatic heterocycles. The van der Waals surface area contributed by atoms with E-state index in [4.69, 9.17) is 10.2 Å². The number of urea groups is 1. The van der Waals surface area contributed by atoms with Gasteiger partial charge in [0.1, 0.15) is 16.9 Å². The van der Waals surface area contributed by atoms with Gasteiger partial charge >= 0.3 is 17.7 Å². The predicted octanol–water partition coefficient (Wildman–Crippen LogP) is 5.15. The zero-order valence-corrected chi connectivity index (χ0v) is 39.2. The minimum Gasteiger partial charge on any atom is -0.508 e. The molecule has 0 spiro atoms. The van der Waals surface area contributed by atoms with Crippen molar-refractivity contribution in [1.82, 2.24) is 39.2 Å². The summed E-state index contributed by atoms with van der Waals surface area (Å²) in [5.74, 6) is -0.267. The number of hydrogen-bond acceptors (Lipinski definition) is 12. The number of carbonyl (C=O) groups excluding carboxylic acids is 4. The monoisotopic (exact) mass is 913 g/mol. The van der Waals surface area contributed by atoms with Gasteiger partial charge in [-0.2, -0.15) is 0 Å². The molecule has 4 heterocycles. The molecule has 356 valence electrons. The summed E-state index contributed by atoms with van der Waals surface area (Å²) in [6, 6.07) is 16.3. The molecule has 0 unspecified atom stereocenters. The first-order valence-electron chi connectivity index (χ1n) is 21.0. The summed E-state index contributed by atoms with van der Waals surface area (Å²) >= 11 is 0. The maximum absolute atomic E-state index is 11.8. The van der Waals surface area contributed by atoms with Crippen LogP contribution in [-0.4, -0.2) is 94.3 Å². The molecule has 2 aromatic carbocycles. The summed E-state index contributed by atoms with van der Waals surface area (Å²) in [7, 11) is 8.98. The first kappa shape index (κ1) is 54.7. The molecule has 1 saturated heterocycles. The molecule has 6 rings (SSSR count). The van der Waals surface area contributed by atoms with E-state index in [1.54, 1.807) is 42.9 Å². The van der Waals surface area contributed by atoms with Crippen LogP contribution in [0.5, 0.6) is 11.5 Å². The van der Waals surface area contributed by atoms with Crippen LogP contribution >= 0.6 is 0 Å². The average Bonchev–Trinajstić information content (AvgIpc) is 3.64. The van der Waals surface area contributed by atoms with E-state index in [0.717, 1.165) is 17.5 Å². The fraction of sp³-hybridized carbons (Fsp3) is 0.383. The highest BCUT2D eigenvalue weighted by molar-refractivity contribution is 6.19. The van der Waals surface area contributed by atoms with Gasteiger partial charge in [-0.15, -0.1) is 6.58 Å². The van der Waals surface area contributed by atoms with Crippen molar-refractivity contribution < 1.29 is 39.3 Å². The van der Waals surface area contributed by atoms with E-state index in [2.05, 4.69) is 71.4 Å². The first-order valence-corrected chi connectivity index (χ1v) is 21.0. The number of phenols is 2. The van der Waals surface area contributed by atoms with Gasteiger partial charge < -0.3 is 30.1 Å². The fourth-order valence-corrected chi connectivity index (χ4v) is 7.11. The summed E-state index contributed by atoms with van der Waals surface area (Å²) in [6.07, 6.45) is 7.62. The molecule has 0 bridgehead atoms. The Morgan fingerprint density at radius 3 is 2.00 bits per heavy atom. The number of aromatic carboxylic acids is 1. The number of carboxylic acids is 1. The third kappa shape index (κ3) is 16.0. The van der Waals surface area contributed by atoms with Crippen LogP contribution in [0, 0.1) is 17.3 Å². The van der Waals surface area contributed by atoms with Crippen molar-refractivity contribution in [3.8, 4) is 11.5 Å². The number of amides is 5. The highest BCUT2D eigenvalue weighted by Crippen LogP contribution is 2.33. The minimum atomic E-state index is -1.19. The number of fused-ring (bicyclic) bond motifs is 1. The topological polar surface area (TPSA) is 260 Å². The number of imide groups is 2. The number of pyridine rings is 1. The Balaban J connectivity index is 0.000000287. The molecule has 66 heavy (non-hydrogen) atoms. The van der Waals surface area contributed by atoms with E-state index in [9.17, 15) is 38.7 Å². The van der Waals surface area contributed by atoms with Gasteiger partial charge in [0.25, 0.3) is 5.56 Å². The molecule has 6 N–H and O–H groups in total. The van der Waals surface area contributed by atoms with Crippen molar-refractivity contribution in [2.45, 2.75) is 59.8 Å². The normalized spacial score (nSPS) is 13.4. The molecule has 0 aliphatic carbocycles. The van der Waals surface area contributed by atoms with Gasteiger partial charge in [-0.3, -0.25) is 43.9 Å². The SMILES string of the molecule is C=CCC1(CC(C)C)C(=O)NC(=O)NC1=O.CC(=O)Nc1ccc(O)cc1.CC[C@@H](c1cccc(O)c1)[C@@H](C)CN(C)C.Cn1c(=O)c2c(ncn2C)n(C)c1=O.O=C(O)c1cccnc1. The standard InChI is InChI=1S/C14H23NO.C11H16N2O3.C8H10N4O2.C8H9NO2.C6H5NO2/c1-5-14(11(2)10-15(3)4)12-7-6-8-13(16)9-12;1-4-5-11(6-7(2)3)8(14)12-10(16)13-9(11)15;1-10-4-9-6-5(10)7(13)12(3)8(14)11(6)2;1-6(10)9-7-2-4-8(11)5-3-7;8-6(9)5-2-1-3-7-4-5/h6-9,11,14,16H,5,10H2,1-4H3;4,7H,1,5-6H2,2-3H3,(H2,12,13,14,15,16);4H,1-3H3;2-5,11H,1H3,(H,9,10);1-4H,(H,8,9)/t11-,14+;;;;/m0..../s1. The largest absolute Gasteiger partial charge is 0.508 e. The molecule has 2 atom stereocenters. The van der Waals surface area contributed by atoms with E-state index in [1.165, 1.54) is 67.1 Å². The number of imidazole rings is 1. The number of carboxylic acid groups (broad SMARTS) is 1. The number of aryl methyl sites for hydroxylation is 2. The molecule has 0 radical (unpaired) electrons. The summed E-state index contributed by atoms with van der Waals surface area (Å²) in [5.41, 5.74) is 1.15. The number of anilines is 1. The lowest BCUT2D eigenvalue weighted by molar-refractivity contribution is -0.145. The number of hydrogen-bond donors (Lipinski definition) is 6. The average molecular weight is 914 g/mol. The van der Waals surface area contributed by atoms with Crippen molar-refractivity contribution >= 4 is 46.6 Å². The Morgan fingerprint density at radius 2 is 1.53 bits per heavy atom. The lowest BCUT2D eigenvalue weighted by Crippen LogP contribution is -2.62. The van der Waals surface area contributed by atoms with E-state index >= 15 is 0 Å². The van der Waals surface area contributed by atoms with Crippen LogP contribution in [0.3, 0.4) is 0 Å². The zero-order chi connectivity index (χ0) is 49.9. The van der Waals surface area contributed by atoms with Gasteiger partial charge in [0.2, 0.25) is 17.7 Å². The van der Waals surface area contributed by atoms with Crippen LogP contribution in [0.4, 0.5) is 10.5 Å². The number of phenolic OH excluding ortho intramolecular Hbond substituents is 2. The smallest absolute Gasteiger partial charge is 0.337 e. The molecule has 0 saturated carbocycles. The zero-order valence-electron chi connectivity index (χ0n) is 39.2. The highest BCUT2D eigenvalue weighted by Gasteiger charge is 2.49. The van der Waals surface area contributed by atoms with Crippen LogP contribution < -0.4 is 27.2 Å². The summed E-state index contributed by atoms with van der Waals surface area (Å²) < 4.78 is 4.04. The number of carbonyl (C=O) groups is 5. The fourth-order valence-electron chi connectivity index (χ4n) is 7.11. The molecule has 5 aromatic rings. The Hall–Kier alpha value is -7.41. The number of benzene rings is 2. The third-order valence-electron chi connectivity index (χ3n) is 10.1. The van der Waals surface area contributed by atoms with Gasteiger partial charge in [0, 0.05) is 52.7 Å². The van der Waals surface area contributed by atoms with E-state index in [-0.39, 0.29) is 40.8 Å². The predicted molar refractivity (Wildman–Crippen MR) is 252 cm³/mol. The van der Waals surface area contributed by atoms with Crippen molar-refractivity contribution in [2.24, 2.45) is 38.4 Å². The molecule has 19 nitrogen and oxygen atoms in total. The van der Waals surface area contributed by atoms with Gasteiger partial charge in [-0.05, 0) is 105 Å². The van der Waals surface area contributed by atoms with Crippen LogP contribution in [0.15, 0.2) is 102 Å². The second-order valence-electron chi connectivity index (χ2n) is 16.3. The molecule has 3 aromatic heterocycles. The minimum absolute atomic E-state index is 0.115. The molecule has 1 aliphatic rings. The van der Waals surface area contributed by atoms with Crippen LogP contribution in [-0.2, 0) is 35.5 Å². The van der Waals surface area contributed by atoms with Gasteiger partial charge in [-0.25, -0.2) is 19.4 Å². The van der Waals surface area contributed by atoms with Crippen LogP contribution in [0.25, 0.3) is 11.2 Å². The van der Waals surface area contributed by atoms with E-state index in [0.29, 0.717) is 40.9 Å². The number of aromatic nitrogens is 5. The molecular weight excluding hydrogens is 851 g/mol. The maximum Gasteiger partial charge on any atom is 0.337 e. The molecular formula is C47H63N9O10. The van der Waals surface area contributed by atoms with Gasteiger partial charge in [-0.1, -0.05) is 45.9 Å². The number of allylic oxidation sites excluding steroid dienone is 1. The summed E-state index contributed by atoms with van der Waals surface area (Å²) in [4.78, 5) is 88.3. The van der Waals surface area contributed by atoms with Gasteiger partial charge in [0.05, 0.1) is 11.9 Å². The number of nitrogens with one attached hydrogen (secondary N) is 3. The molecule has 5 amide bonds. The number of rotatable bonds is 11. The maximum atomic E-state index is 11.8.